The molecule has 1 aliphatic heterocycles. The number of ketones is 1. The molecule has 0 saturated heterocycles. The number of carbonyl (C=O) groups excluding carboxylic acids is 4. The van der Waals surface area contributed by atoms with E-state index in [2.05, 4.69) is 5.32 Å². The van der Waals surface area contributed by atoms with Gasteiger partial charge < -0.3 is 0 Å². The molecule has 4 amide bonds. The molecular formula is C21H14N2O4S. The van der Waals surface area contributed by atoms with Crippen molar-refractivity contribution in [3.8, 4) is 0 Å². The number of nitrogens with one attached hydrogen (secondary N) is 1. The third-order valence-corrected chi connectivity index (χ3v) is 5.33. The van der Waals surface area contributed by atoms with Crippen LogP contribution in [-0.2, 0) is 4.79 Å². The first-order chi connectivity index (χ1) is 13.6. The monoisotopic (exact) mass is 390 g/mol. The minimum Gasteiger partial charge on any atom is -0.292 e. The minimum absolute atomic E-state index is 0.294. The van der Waals surface area contributed by atoms with Crippen molar-refractivity contribution in [1.29, 1.82) is 0 Å². The molecule has 6 nitrogen and oxygen atoms in total. The SMILES string of the molecule is O=C(NC(=O)N1C(=O)C(C(=O)c2cccs2)c2ccccc21)c1ccccc1. The second-order valence-corrected chi connectivity index (χ2v) is 7.08. The average molecular weight is 390 g/mol. The van der Waals surface area contributed by atoms with Crippen LogP contribution in [-0.4, -0.2) is 23.6 Å². The molecule has 0 spiro atoms. The first kappa shape index (κ1) is 17.8. The van der Waals surface area contributed by atoms with Crippen molar-refractivity contribution in [2.45, 2.75) is 5.92 Å². The summed E-state index contributed by atoms with van der Waals surface area (Å²) in [5.74, 6) is -2.76. The number of rotatable bonds is 3. The van der Waals surface area contributed by atoms with E-state index in [1.54, 1.807) is 72.1 Å². The number of amides is 4. The van der Waals surface area contributed by atoms with E-state index < -0.39 is 23.8 Å². The number of urea groups is 1. The molecule has 0 aliphatic carbocycles. The number of fused-ring (bicyclic) bond motifs is 1. The van der Waals surface area contributed by atoms with Crippen LogP contribution in [0, 0.1) is 0 Å². The fourth-order valence-corrected chi connectivity index (χ4v) is 3.85. The highest BCUT2D eigenvalue weighted by Gasteiger charge is 2.45. The number of nitrogens with zero attached hydrogens (tertiary/aromatic N) is 1. The summed E-state index contributed by atoms with van der Waals surface area (Å²) in [5, 5.41) is 3.97. The molecule has 0 bridgehead atoms. The number of para-hydroxylation sites is 1. The van der Waals surface area contributed by atoms with Gasteiger partial charge in [-0.2, -0.15) is 0 Å². The number of anilines is 1. The largest absolute Gasteiger partial charge is 0.335 e. The summed E-state index contributed by atoms with van der Waals surface area (Å²) in [6.45, 7) is 0. The number of Topliss-reactive ketones (excluding diaryl/α,β-unsaturated/α-hetero) is 1. The first-order valence-electron chi connectivity index (χ1n) is 8.49. The van der Waals surface area contributed by atoms with Crippen LogP contribution >= 0.6 is 11.3 Å². The van der Waals surface area contributed by atoms with Crippen LogP contribution in [0.25, 0.3) is 0 Å². The van der Waals surface area contributed by atoms with Gasteiger partial charge in [-0.1, -0.05) is 42.5 Å². The molecule has 0 radical (unpaired) electrons. The summed E-state index contributed by atoms with van der Waals surface area (Å²) in [6, 6.07) is 17.3. The van der Waals surface area contributed by atoms with Crippen molar-refractivity contribution in [3.05, 3.63) is 88.1 Å². The second-order valence-electron chi connectivity index (χ2n) is 6.13. The summed E-state index contributed by atoms with van der Waals surface area (Å²) in [6.07, 6.45) is 0. The Bertz CT molecular complexity index is 1080. The van der Waals surface area contributed by atoms with Gasteiger partial charge in [0, 0.05) is 5.56 Å². The summed E-state index contributed by atoms with van der Waals surface area (Å²) >= 11 is 1.24. The molecule has 1 atom stereocenters. The van der Waals surface area contributed by atoms with Gasteiger partial charge in [-0.25, -0.2) is 9.69 Å². The molecule has 1 aromatic heterocycles. The predicted octanol–water partition coefficient (Wildman–Crippen LogP) is 3.61. The van der Waals surface area contributed by atoms with Gasteiger partial charge in [-0.15, -0.1) is 11.3 Å². The number of hydrogen-bond donors (Lipinski definition) is 1. The van der Waals surface area contributed by atoms with Crippen LogP contribution < -0.4 is 10.2 Å². The highest BCUT2D eigenvalue weighted by Crippen LogP contribution is 2.39. The van der Waals surface area contributed by atoms with E-state index in [4.69, 9.17) is 0 Å². The van der Waals surface area contributed by atoms with E-state index in [1.807, 2.05) is 0 Å². The number of imide groups is 2. The Hall–Kier alpha value is -3.58. The number of benzene rings is 2. The van der Waals surface area contributed by atoms with Gasteiger partial charge >= 0.3 is 6.03 Å². The number of carbonyl (C=O) groups is 4. The smallest absolute Gasteiger partial charge is 0.292 e. The van der Waals surface area contributed by atoms with E-state index in [-0.39, 0.29) is 5.78 Å². The first-order valence-corrected chi connectivity index (χ1v) is 9.37. The van der Waals surface area contributed by atoms with Crippen LogP contribution in [0.2, 0.25) is 0 Å². The Labute approximate surface area is 164 Å². The van der Waals surface area contributed by atoms with Gasteiger partial charge in [0.05, 0.1) is 10.6 Å². The van der Waals surface area contributed by atoms with Crippen LogP contribution in [0.5, 0.6) is 0 Å². The zero-order valence-corrected chi connectivity index (χ0v) is 15.3. The van der Waals surface area contributed by atoms with Crippen molar-refractivity contribution in [3.63, 3.8) is 0 Å². The molecule has 2 aromatic carbocycles. The predicted molar refractivity (Wildman–Crippen MR) is 105 cm³/mol. The van der Waals surface area contributed by atoms with Crippen molar-refractivity contribution in [2.75, 3.05) is 4.90 Å². The van der Waals surface area contributed by atoms with E-state index in [1.165, 1.54) is 11.3 Å². The number of thiophene rings is 1. The molecular weight excluding hydrogens is 376 g/mol. The van der Waals surface area contributed by atoms with Crippen LogP contribution in [0.1, 0.15) is 31.5 Å². The molecule has 1 unspecified atom stereocenters. The Kier molecular flexibility index (Phi) is 4.58. The summed E-state index contributed by atoms with van der Waals surface area (Å²) < 4.78 is 0. The maximum Gasteiger partial charge on any atom is 0.335 e. The summed E-state index contributed by atoms with van der Waals surface area (Å²) in [7, 11) is 0. The molecule has 7 heteroatoms. The minimum atomic E-state index is -1.10. The van der Waals surface area contributed by atoms with Crippen molar-refractivity contribution < 1.29 is 19.2 Å². The highest BCUT2D eigenvalue weighted by molar-refractivity contribution is 7.12. The lowest BCUT2D eigenvalue weighted by atomic mass is 9.95. The van der Waals surface area contributed by atoms with E-state index in [0.29, 0.717) is 21.7 Å². The molecule has 1 N–H and O–H groups in total. The van der Waals surface area contributed by atoms with E-state index in [0.717, 1.165) is 4.90 Å². The second kappa shape index (κ2) is 7.21. The van der Waals surface area contributed by atoms with Crippen LogP contribution in [0.15, 0.2) is 72.1 Å². The zero-order chi connectivity index (χ0) is 19.7. The quantitative estimate of drug-likeness (QED) is 0.547. The lowest BCUT2D eigenvalue weighted by Gasteiger charge is -2.16. The number of hydrogen-bond acceptors (Lipinski definition) is 5. The Morgan fingerprint density at radius 1 is 0.893 bits per heavy atom. The maximum absolute atomic E-state index is 13.0. The average Bonchev–Trinajstić information content (AvgIpc) is 3.34. The van der Waals surface area contributed by atoms with Gasteiger partial charge in [-0.3, -0.25) is 19.7 Å². The fraction of sp³-hybridized carbons (Fsp3) is 0.0476. The normalized spacial score (nSPS) is 15.2. The van der Waals surface area contributed by atoms with Crippen LogP contribution in [0.3, 0.4) is 0 Å². The lowest BCUT2D eigenvalue weighted by molar-refractivity contribution is -0.117. The molecule has 28 heavy (non-hydrogen) atoms. The summed E-state index contributed by atoms with van der Waals surface area (Å²) in [4.78, 5) is 52.2. The third-order valence-electron chi connectivity index (χ3n) is 4.44. The van der Waals surface area contributed by atoms with E-state index in [9.17, 15) is 19.2 Å². The van der Waals surface area contributed by atoms with Crippen molar-refractivity contribution >= 4 is 40.7 Å². The zero-order valence-electron chi connectivity index (χ0n) is 14.5. The fourth-order valence-electron chi connectivity index (χ4n) is 3.15. The van der Waals surface area contributed by atoms with Gasteiger partial charge in [0.1, 0.15) is 5.92 Å². The van der Waals surface area contributed by atoms with E-state index >= 15 is 0 Å². The Morgan fingerprint density at radius 3 is 2.32 bits per heavy atom. The third kappa shape index (κ3) is 3.01. The Morgan fingerprint density at radius 2 is 1.61 bits per heavy atom. The molecule has 138 valence electrons. The summed E-state index contributed by atoms with van der Waals surface area (Å²) in [5.41, 5.74) is 1.05. The molecule has 3 aromatic rings. The molecule has 0 saturated carbocycles. The molecule has 4 rings (SSSR count). The van der Waals surface area contributed by atoms with Gasteiger partial charge in [-0.05, 0) is 35.2 Å². The molecule has 1 aliphatic rings. The highest BCUT2D eigenvalue weighted by atomic mass is 32.1. The van der Waals surface area contributed by atoms with Gasteiger partial charge in [0.2, 0.25) is 0 Å². The van der Waals surface area contributed by atoms with Crippen molar-refractivity contribution in [2.24, 2.45) is 0 Å². The van der Waals surface area contributed by atoms with Gasteiger partial charge in [0.25, 0.3) is 11.8 Å². The standard InChI is InChI=1S/C21H14N2O4S/c24-18(16-11-6-12-28-16)17-14-9-4-5-10-15(14)23(20(17)26)21(27)22-19(25)13-7-2-1-3-8-13/h1-12,17H,(H,22,25,27). The lowest BCUT2D eigenvalue weighted by Crippen LogP contribution is -2.45. The van der Waals surface area contributed by atoms with Crippen molar-refractivity contribution in [1.82, 2.24) is 5.32 Å². The Balaban J connectivity index is 1.64. The maximum atomic E-state index is 13.0. The van der Waals surface area contributed by atoms with Crippen LogP contribution in [0.4, 0.5) is 10.5 Å². The topological polar surface area (TPSA) is 83.6 Å². The molecule has 0 fully saturated rings. The molecule has 2 heterocycles. The van der Waals surface area contributed by atoms with Gasteiger partial charge in [0.15, 0.2) is 5.78 Å².